The molecule has 1 aromatic rings. The maximum absolute atomic E-state index is 12.5. The molecule has 1 fully saturated rings. The fraction of sp³-hybridized carbons (Fsp3) is 0.312. The van der Waals surface area contributed by atoms with Crippen molar-refractivity contribution >= 4 is 46.3 Å². The summed E-state index contributed by atoms with van der Waals surface area (Å²) in [5.41, 5.74) is 0. The van der Waals surface area contributed by atoms with Gasteiger partial charge in [0.05, 0.1) is 11.2 Å². The van der Waals surface area contributed by atoms with Crippen molar-refractivity contribution in [3.05, 3.63) is 41.2 Å². The minimum absolute atomic E-state index is 0.187. The lowest BCUT2D eigenvalue weighted by Gasteiger charge is -2.27. The number of rotatable bonds is 6. The van der Waals surface area contributed by atoms with Crippen molar-refractivity contribution in [2.24, 2.45) is 5.92 Å². The molecule has 2 rings (SSSR count). The van der Waals surface area contributed by atoms with Gasteiger partial charge >= 0.3 is 5.97 Å². The van der Waals surface area contributed by atoms with Gasteiger partial charge in [0, 0.05) is 0 Å². The van der Waals surface area contributed by atoms with E-state index < -0.39 is 12.0 Å². The number of carbonyl (C=O) groups excluding carboxylic acids is 1. The van der Waals surface area contributed by atoms with Crippen molar-refractivity contribution in [2.75, 3.05) is 0 Å². The molecule has 0 aliphatic carbocycles. The number of nitrogens with zero attached hydrogens (tertiary/aromatic N) is 1. The van der Waals surface area contributed by atoms with Crippen LogP contribution in [0.2, 0.25) is 0 Å². The SMILES string of the molecule is CC[C@H](C)[C@@H](C(=O)O)N1C(=O)/C(=C\C=C\c2ccco2)SC1=S. The normalized spacial score (nSPS) is 19.7. The molecule has 1 saturated heterocycles. The summed E-state index contributed by atoms with van der Waals surface area (Å²) in [4.78, 5) is 25.7. The van der Waals surface area contributed by atoms with E-state index in [0.29, 0.717) is 17.1 Å². The summed E-state index contributed by atoms with van der Waals surface area (Å²) in [5, 5.41) is 9.45. The van der Waals surface area contributed by atoms with Crippen molar-refractivity contribution in [3.8, 4) is 0 Å². The van der Waals surface area contributed by atoms with Crippen molar-refractivity contribution in [1.82, 2.24) is 4.90 Å². The van der Waals surface area contributed by atoms with Gasteiger partial charge in [0.25, 0.3) is 5.91 Å². The zero-order valence-corrected chi connectivity index (χ0v) is 14.4. The molecule has 122 valence electrons. The zero-order chi connectivity index (χ0) is 17.0. The Morgan fingerprint density at radius 3 is 2.87 bits per heavy atom. The van der Waals surface area contributed by atoms with Crippen LogP contribution in [0, 0.1) is 5.92 Å². The number of thioether (sulfide) groups is 1. The Balaban J connectivity index is 2.20. The third kappa shape index (κ3) is 3.92. The van der Waals surface area contributed by atoms with Crippen LogP contribution < -0.4 is 0 Å². The van der Waals surface area contributed by atoms with E-state index in [1.807, 2.05) is 6.92 Å². The Morgan fingerprint density at radius 1 is 1.57 bits per heavy atom. The van der Waals surface area contributed by atoms with E-state index in [1.165, 1.54) is 4.90 Å². The first kappa shape index (κ1) is 17.5. The van der Waals surface area contributed by atoms with E-state index in [4.69, 9.17) is 16.6 Å². The van der Waals surface area contributed by atoms with Crippen LogP contribution in [0.4, 0.5) is 0 Å². The molecule has 0 unspecified atom stereocenters. The summed E-state index contributed by atoms with van der Waals surface area (Å²) in [7, 11) is 0. The molecule has 1 amide bonds. The molecule has 1 aromatic heterocycles. The van der Waals surface area contributed by atoms with Crippen LogP contribution in [0.15, 0.2) is 39.9 Å². The lowest BCUT2D eigenvalue weighted by atomic mass is 9.98. The maximum Gasteiger partial charge on any atom is 0.327 e. The molecule has 0 saturated carbocycles. The number of carbonyl (C=O) groups is 2. The number of thiocarbonyl (C=S) groups is 1. The third-order valence-corrected chi connectivity index (χ3v) is 4.94. The quantitative estimate of drug-likeness (QED) is 0.624. The Bertz CT molecular complexity index is 664. The lowest BCUT2D eigenvalue weighted by molar-refractivity contribution is -0.147. The molecule has 5 nitrogen and oxygen atoms in total. The molecular weight excluding hydrogens is 334 g/mol. The highest BCUT2D eigenvalue weighted by Gasteiger charge is 2.42. The van der Waals surface area contributed by atoms with Gasteiger partial charge in [-0.05, 0) is 30.2 Å². The van der Waals surface area contributed by atoms with E-state index in [1.54, 1.807) is 43.5 Å². The summed E-state index contributed by atoms with van der Waals surface area (Å²) < 4.78 is 5.44. The van der Waals surface area contributed by atoms with E-state index >= 15 is 0 Å². The highest BCUT2D eigenvalue weighted by molar-refractivity contribution is 8.26. The molecule has 0 bridgehead atoms. The first-order valence-electron chi connectivity index (χ1n) is 7.15. The van der Waals surface area contributed by atoms with E-state index in [0.717, 1.165) is 11.8 Å². The number of amides is 1. The summed E-state index contributed by atoms with van der Waals surface area (Å²) in [6.45, 7) is 3.69. The average molecular weight is 351 g/mol. The Labute approximate surface area is 144 Å². The number of hydrogen-bond donors (Lipinski definition) is 1. The molecule has 1 N–H and O–H groups in total. The van der Waals surface area contributed by atoms with E-state index in [-0.39, 0.29) is 16.1 Å². The third-order valence-electron chi connectivity index (χ3n) is 3.59. The Morgan fingerprint density at radius 2 is 2.30 bits per heavy atom. The van der Waals surface area contributed by atoms with Gasteiger partial charge in [-0.1, -0.05) is 50.3 Å². The van der Waals surface area contributed by atoms with E-state index in [9.17, 15) is 14.7 Å². The lowest BCUT2D eigenvalue weighted by Crippen LogP contribution is -2.47. The summed E-state index contributed by atoms with van der Waals surface area (Å²) in [6.07, 6.45) is 7.23. The molecule has 1 aliphatic rings. The second-order valence-corrected chi connectivity index (χ2v) is 6.79. The molecule has 0 aromatic carbocycles. The Kier molecular flexibility index (Phi) is 5.79. The number of carboxylic acid groups (broad SMARTS) is 1. The van der Waals surface area contributed by atoms with Gasteiger partial charge < -0.3 is 9.52 Å². The molecule has 0 radical (unpaired) electrons. The van der Waals surface area contributed by atoms with Crippen LogP contribution in [0.1, 0.15) is 26.0 Å². The van der Waals surface area contributed by atoms with Gasteiger partial charge in [0.1, 0.15) is 16.1 Å². The van der Waals surface area contributed by atoms with Gasteiger partial charge in [-0.3, -0.25) is 9.69 Å². The van der Waals surface area contributed by atoms with Crippen molar-refractivity contribution < 1.29 is 19.1 Å². The van der Waals surface area contributed by atoms with Crippen LogP contribution in [-0.2, 0) is 9.59 Å². The number of furan rings is 1. The number of allylic oxidation sites excluding steroid dienone is 2. The van der Waals surface area contributed by atoms with Gasteiger partial charge in [0.2, 0.25) is 0 Å². The second kappa shape index (κ2) is 7.61. The predicted octanol–water partition coefficient (Wildman–Crippen LogP) is 3.54. The Hall–Kier alpha value is -1.86. The van der Waals surface area contributed by atoms with Gasteiger partial charge in [0.15, 0.2) is 0 Å². The van der Waals surface area contributed by atoms with Crippen LogP contribution in [0.25, 0.3) is 6.08 Å². The molecular formula is C16H17NO4S2. The minimum Gasteiger partial charge on any atom is -0.480 e. The van der Waals surface area contributed by atoms with Crippen LogP contribution in [0.5, 0.6) is 0 Å². The fourth-order valence-corrected chi connectivity index (χ4v) is 3.46. The summed E-state index contributed by atoms with van der Waals surface area (Å²) in [5.74, 6) is -0.924. The standard InChI is InChI=1S/C16H17NO4S2/c1-3-10(2)13(15(19)20)17-14(18)12(23-16(17)22)8-4-6-11-7-5-9-21-11/h4-10,13H,3H2,1-2H3,(H,19,20)/b6-4+,12-8+/t10-,13-/m0/s1. The van der Waals surface area contributed by atoms with Gasteiger partial charge in [-0.2, -0.15) is 0 Å². The highest BCUT2D eigenvalue weighted by atomic mass is 32.2. The van der Waals surface area contributed by atoms with Gasteiger partial charge in [-0.15, -0.1) is 0 Å². The number of carboxylic acids is 1. The monoisotopic (exact) mass is 351 g/mol. The van der Waals surface area contributed by atoms with E-state index in [2.05, 4.69) is 0 Å². The predicted molar refractivity (Wildman–Crippen MR) is 93.7 cm³/mol. The number of hydrogen-bond acceptors (Lipinski definition) is 5. The fourth-order valence-electron chi connectivity index (χ4n) is 2.18. The topological polar surface area (TPSA) is 70.8 Å². The van der Waals surface area contributed by atoms with Crippen LogP contribution in [-0.4, -0.2) is 32.2 Å². The van der Waals surface area contributed by atoms with Crippen molar-refractivity contribution in [2.45, 2.75) is 26.3 Å². The zero-order valence-electron chi connectivity index (χ0n) is 12.8. The molecule has 2 heterocycles. The average Bonchev–Trinajstić information content (AvgIpc) is 3.11. The summed E-state index contributed by atoms with van der Waals surface area (Å²) in [6, 6.07) is 2.62. The van der Waals surface area contributed by atoms with Crippen LogP contribution in [0.3, 0.4) is 0 Å². The van der Waals surface area contributed by atoms with Gasteiger partial charge in [-0.25, -0.2) is 4.79 Å². The molecule has 7 heteroatoms. The van der Waals surface area contributed by atoms with Crippen molar-refractivity contribution in [3.63, 3.8) is 0 Å². The largest absolute Gasteiger partial charge is 0.480 e. The van der Waals surface area contributed by atoms with Crippen LogP contribution >= 0.6 is 24.0 Å². The van der Waals surface area contributed by atoms with Crippen molar-refractivity contribution in [1.29, 1.82) is 0 Å². The molecule has 23 heavy (non-hydrogen) atoms. The first-order chi connectivity index (χ1) is 11.0. The summed E-state index contributed by atoms with van der Waals surface area (Å²) >= 11 is 6.33. The second-order valence-electron chi connectivity index (χ2n) is 5.12. The highest BCUT2D eigenvalue weighted by Crippen LogP contribution is 2.34. The smallest absolute Gasteiger partial charge is 0.327 e. The molecule has 1 aliphatic heterocycles. The molecule has 2 atom stereocenters. The maximum atomic E-state index is 12.5. The minimum atomic E-state index is -1.04. The molecule has 0 spiro atoms. The number of aliphatic carboxylic acids is 1. The first-order valence-corrected chi connectivity index (χ1v) is 8.38.